The van der Waals surface area contributed by atoms with Gasteiger partial charge in [-0.2, -0.15) is 0 Å². The van der Waals surface area contributed by atoms with Crippen molar-refractivity contribution in [3.8, 4) is 11.3 Å². The number of carbonyl (C=O) groups is 4. The lowest BCUT2D eigenvalue weighted by Gasteiger charge is -2.13. The Kier molecular flexibility index (Phi) is 7.42. The number of amides is 2. The van der Waals surface area contributed by atoms with Crippen molar-refractivity contribution in [2.45, 2.75) is 26.9 Å². The molecule has 168 valence electrons. The van der Waals surface area contributed by atoms with Crippen molar-refractivity contribution in [3.63, 3.8) is 0 Å². The average Bonchev–Trinajstić information content (AvgIpc) is 3.28. The summed E-state index contributed by atoms with van der Waals surface area (Å²) in [6, 6.07) is 8.08. The van der Waals surface area contributed by atoms with E-state index in [1.165, 1.54) is 6.08 Å². The third kappa shape index (κ3) is 5.41. The summed E-state index contributed by atoms with van der Waals surface area (Å²) < 4.78 is 15.8. The second-order valence-corrected chi connectivity index (χ2v) is 8.32. The molecule has 1 fully saturated rings. The fourth-order valence-electron chi connectivity index (χ4n) is 2.82. The van der Waals surface area contributed by atoms with Gasteiger partial charge in [0.15, 0.2) is 0 Å². The monoisotopic (exact) mass is 477 g/mol. The van der Waals surface area contributed by atoms with Crippen molar-refractivity contribution in [2.24, 2.45) is 0 Å². The molecule has 0 N–H and O–H groups in total. The van der Waals surface area contributed by atoms with Gasteiger partial charge in [-0.3, -0.25) is 19.3 Å². The molecule has 1 aromatic carbocycles. The molecule has 0 saturated carbocycles. The molecule has 2 amide bonds. The predicted molar refractivity (Wildman–Crippen MR) is 119 cm³/mol. The van der Waals surface area contributed by atoms with Crippen molar-refractivity contribution in [1.82, 2.24) is 4.90 Å². The van der Waals surface area contributed by atoms with Crippen LogP contribution in [0.4, 0.5) is 4.79 Å². The van der Waals surface area contributed by atoms with Crippen LogP contribution in [0.5, 0.6) is 0 Å². The van der Waals surface area contributed by atoms with Crippen molar-refractivity contribution in [2.75, 3.05) is 13.2 Å². The first-order valence-corrected chi connectivity index (χ1v) is 10.9. The lowest BCUT2D eigenvalue weighted by molar-refractivity contribution is -0.149. The number of hydrogen-bond donors (Lipinski definition) is 0. The van der Waals surface area contributed by atoms with Crippen molar-refractivity contribution in [1.29, 1.82) is 0 Å². The van der Waals surface area contributed by atoms with E-state index in [0.29, 0.717) is 28.8 Å². The van der Waals surface area contributed by atoms with Crippen molar-refractivity contribution >= 4 is 52.5 Å². The maximum absolute atomic E-state index is 12.5. The fraction of sp³-hybridized carbons (Fsp3) is 0.273. The SMILES string of the molecule is CCOC(=O)c1cc(-c2ccc(/C=C3\SC(=O)N(CC(=O)OC(C)C)C3=O)o2)ccc1Cl. The number of halogens is 1. The summed E-state index contributed by atoms with van der Waals surface area (Å²) in [4.78, 5) is 49.5. The number of ether oxygens (including phenoxy) is 2. The van der Waals surface area contributed by atoms with Crippen LogP contribution in [0.2, 0.25) is 5.02 Å². The molecule has 0 spiro atoms. The van der Waals surface area contributed by atoms with Gasteiger partial charge in [-0.05, 0) is 62.9 Å². The molecular formula is C22H20ClNO7S. The molecule has 0 atom stereocenters. The zero-order valence-electron chi connectivity index (χ0n) is 17.5. The quantitative estimate of drug-likeness (QED) is 0.415. The van der Waals surface area contributed by atoms with Crippen LogP contribution in [0, 0.1) is 0 Å². The van der Waals surface area contributed by atoms with Crippen LogP contribution in [0.25, 0.3) is 17.4 Å². The molecule has 1 aromatic heterocycles. The second-order valence-electron chi connectivity index (χ2n) is 6.92. The van der Waals surface area contributed by atoms with Crippen LogP contribution < -0.4 is 0 Å². The van der Waals surface area contributed by atoms with Gasteiger partial charge in [0.25, 0.3) is 11.1 Å². The summed E-state index contributed by atoms with van der Waals surface area (Å²) in [7, 11) is 0. The molecule has 8 nitrogen and oxygen atoms in total. The molecule has 1 aliphatic rings. The van der Waals surface area contributed by atoms with Crippen LogP contribution in [0.1, 0.15) is 36.9 Å². The first-order chi connectivity index (χ1) is 15.2. The van der Waals surface area contributed by atoms with Gasteiger partial charge >= 0.3 is 11.9 Å². The molecule has 2 aromatic rings. The van der Waals surface area contributed by atoms with Crippen LogP contribution in [0.3, 0.4) is 0 Å². The summed E-state index contributed by atoms with van der Waals surface area (Å²) in [5, 5.41) is -0.311. The number of carbonyl (C=O) groups excluding carboxylic acids is 4. The van der Waals surface area contributed by atoms with E-state index >= 15 is 0 Å². The van der Waals surface area contributed by atoms with E-state index in [1.54, 1.807) is 51.1 Å². The van der Waals surface area contributed by atoms with E-state index in [2.05, 4.69) is 0 Å². The highest BCUT2D eigenvalue weighted by Gasteiger charge is 2.37. The van der Waals surface area contributed by atoms with E-state index in [9.17, 15) is 19.2 Å². The Morgan fingerprint density at radius 2 is 1.97 bits per heavy atom. The summed E-state index contributed by atoms with van der Waals surface area (Å²) in [5.74, 6) is -1.06. The Labute approximate surface area is 193 Å². The molecule has 1 aliphatic heterocycles. The number of furan rings is 1. The molecule has 10 heteroatoms. The maximum atomic E-state index is 12.5. The highest BCUT2D eigenvalue weighted by molar-refractivity contribution is 8.18. The normalized spacial score (nSPS) is 15.0. The average molecular weight is 478 g/mol. The molecular weight excluding hydrogens is 458 g/mol. The smallest absolute Gasteiger partial charge is 0.339 e. The van der Waals surface area contributed by atoms with Gasteiger partial charge in [0, 0.05) is 11.6 Å². The van der Waals surface area contributed by atoms with Crippen LogP contribution in [-0.2, 0) is 19.1 Å². The highest BCUT2D eigenvalue weighted by atomic mass is 35.5. The lowest BCUT2D eigenvalue weighted by Crippen LogP contribution is -2.35. The summed E-state index contributed by atoms with van der Waals surface area (Å²) in [6.45, 7) is 4.82. The molecule has 32 heavy (non-hydrogen) atoms. The Balaban J connectivity index is 1.78. The van der Waals surface area contributed by atoms with Gasteiger partial charge in [0.1, 0.15) is 18.1 Å². The van der Waals surface area contributed by atoms with Crippen LogP contribution in [-0.4, -0.2) is 47.2 Å². The van der Waals surface area contributed by atoms with Crippen LogP contribution in [0.15, 0.2) is 39.7 Å². The number of hydrogen-bond acceptors (Lipinski definition) is 8. The van der Waals surface area contributed by atoms with E-state index in [1.807, 2.05) is 0 Å². The largest absolute Gasteiger partial charge is 0.462 e. The number of imide groups is 1. The first-order valence-electron chi connectivity index (χ1n) is 9.71. The van der Waals surface area contributed by atoms with Crippen LogP contribution >= 0.6 is 23.4 Å². The summed E-state index contributed by atoms with van der Waals surface area (Å²) in [6.07, 6.45) is 1.07. The minimum Gasteiger partial charge on any atom is -0.462 e. The topological polar surface area (TPSA) is 103 Å². The Morgan fingerprint density at radius 1 is 1.22 bits per heavy atom. The molecule has 2 heterocycles. The van der Waals surface area contributed by atoms with E-state index in [0.717, 1.165) is 4.90 Å². The Morgan fingerprint density at radius 3 is 2.66 bits per heavy atom. The van der Waals surface area contributed by atoms with Gasteiger partial charge in [0.2, 0.25) is 0 Å². The van der Waals surface area contributed by atoms with Gasteiger partial charge in [0.05, 0.1) is 28.2 Å². The molecule has 0 bridgehead atoms. The van der Waals surface area contributed by atoms with Gasteiger partial charge in [-0.15, -0.1) is 0 Å². The van der Waals surface area contributed by atoms with Gasteiger partial charge < -0.3 is 13.9 Å². The minimum atomic E-state index is -0.663. The zero-order chi connectivity index (χ0) is 23.4. The molecule has 0 aliphatic carbocycles. The maximum Gasteiger partial charge on any atom is 0.339 e. The predicted octanol–water partition coefficient (Wildman–Crippen LogP) is 4.76. The fourth-order valence-corrected chi connectivity index (χ4v) is 3.84. The zero-order valence-corrected chi connectivity index (χ0v) is 19.1. The molecule has 0 radical (unpaired) electrons. The number of thioether (sulfide) groups is 1. The van der Waals surface area contributed by atoms with E-state index < -0.39 is 29.6 Å². The highest BCUT2D eigenvalue weighted by Crippen LogP contribution is 2.34. The first kappa shape index (κ1) is 23.6. The molecule has 3 rings (SSSR count). The van der Waals surface area contributed by atoms with Gasteiger partial charge in [-0.1, -0.05) is 11.6 Å². The molecule has 0 unspecified atom stereocenters. The summed E-state index contributed by atoms with van der Waals surface area (Å²) >= 11 is 6.80. The third-order valence-corrected chi connectivity index (χ3v) is 5.41. The standard InChI is InChI=1S/C22H20ClNO7S/c1-4-29-21(27)15-9-13(5-7-16(15)23)17-8-6-14(31-17)10-18-20(26)24(22(28)32-18)11-19(25)30-12(2)3/h5-10,12H,4,11H2,1-3H3/b18-10-. The third-order valence-electron chi connectivity index (χ3n) is 4.17. The lowest BCUT2D eigenvalue weighted by atomic mass is 10.1. The van der Waals surface area contributed by atoms with Crippen molar-refractivity contribution < 1.29 is 33.1 Å². The number of esters is 2. The summed E-state index contributed by atoms with van der Waals surface area (Å²) in [5.41, 5.74) is 0.792. The second kappa shape index (κ2) is 10.1. The van der Waals surface area contributed by atoms with E-state index in [-0.39, 0.29) is 28.2 Å². The van der Waals surface area contributed by atoms with Gasteiger partial charge in [-0.25, -0.2) is 4.79 Å². The minimum absolute atomic E-state index is 0.122. The molecule has 1 saturated heterocycles. The number of benzene rings is 1. The number of nitrogens with zero attached hydrogens (tertiary/aromatic N) is 1. The Hall–Kier alpha value is -3.04. The van der Waals surface area contributed by atoms with E-state index in [4.69, 9.17) is 25.5 Å². The Bertz CT molecular complexity index is 1110. The number of rotatable bonds is 7. The van der Waals surface area contributed by atoms with Crippen molar-refractivity contribution in [3.05, 3.63) is 51.6 Å².